The van der Waals surface area contributed by atoms with Crippen molar-refractivity contribution in [1.82, 2.24) is 4.90 Å². The first-order chi connectivity index (χ1) is 13.5. The lowest BCUT2D eigenvalue weighted by Gasteiger charge is -2.39. The van der Waals surface area contributed by atoms with Crippen molar-refractivity contribution in [2.24, 2.45) is 5.92 Å². The van der Waals surface area contributed by atoms with Crippen LogP contribution in [0.4, 0.5) is 11.4 Å². The van der Waals surface area contributed by atoms with Crippen LogP contribution in [-0.4, -0.2) is 44.0 Å². The fraction of sp³-hybridized carbons (Fsp3) is 0.458. The maximum atomic E-state index is 12.9. The van der Waals surface area contributed by atoms with E-state index in [1.54, 1.807) is 0 Å². The summed E-state index contributed by atoms with van der Waals surface area (Å²) < 4.78 is 0. The SMILES string of the molecule is CC(C)C(=O)N(c1ccccc1)C1CCN(Cc2ccc(N(C)C)cc2)CC1. The number of piperidine rings is 1. The number of carbonyl (C=O) groups is 1. The second kappa shape index (κ2) is 9.24. The van der Waals surface area contributed by atoms with Crippen LogP contribution in [0.15, 0.2) is 54.6 Å². The van der Waals surface area contributed by atoms with E-state index < -0.39 is 0 Å². The van der Waals surface area contributed by atoms with Crippen LogP contribution in [0.25, 0.3) is 0 Å². The molecule has 0 saturated carbocycles. The van der Waals surface area contributed by atoms with Gasteiger partial charge < -0.3 is 9.80 Å². The summed E-state index contributed by atoms with van der Waals surface area (Å²) in [6.07, 6.45) is 2.03. The summed E-state index contributed by atoms with van der Waals surface area (Å²) in [4.78, 5) is 19.6. The summed E-state index contributed by atoms with van der Waals surface area (Å²) in [5.41, 5.74) is 3.61. The largest absolute Gasteiger partial charge is 0.378 e. The van der Waals surface area contributed by atoms with Crippen molar-refractivity contribution in [1.29, 1.82) is 0 Å². The van der Waals surface area contributed by atoms with E-state index in [9.17, 15) is 4.79 Å². The molecule has 28 heavy (non-hydrogen) atoms. The van der Waals surface area contributed by atoms with Gasteiger partial charge in [-0.2, -0.15) is 0 Å². The van der Waals surface area contributed by atoms with Gasteiger partial charge in [0.2, 0.25) is 5.91 Å². The maximum Gasteiger partial charge on any atom is 0.229 e. The van der Waals surface area contributed by atoms with Gasteiger partial charge in [0.1, 0.15) is 0 Å². The highest BCUT2D eigenvalue weighted by Gasteiger charge is 2.30. The zero-order valence-electron chi connectivity index (χ0n) is 17.6. The van der Waals surface area contributed by atoms with E-state index in [-0.39, 0.29) is 17.9 Å². The summed E-state index contributed by atoms with van der Waals surface area (Å²) in [6.45, 7) is 7.00. The molecule has 2 aromatic carbocycles. The van der Waals surface area contributed by atoms with Crippen LogP contribution in [0.3, 0.4) is 0 Å². The monoisotopic (exact) mass is 379 g/mol. The molecule has 0 spiro atoms. The van der Waals surface area contributed by atoms with Crippen molar-refractivity contribution in [3.05, 3.63) is 60.2 Å². The Hall–Kier alpha value is -2.33. The third kappa shape index (κ3) is 4.93. The van der Waals surface area contributed by atoms with Gasteiger partial charge in [0, 0.05) is 57.1 Å². The minimum absolute atomic E-state index is 0.00782. The third-order valence-electron chi connectivity index (χ3n) is 5.55. The van der Waals surface area contributed by atoms with Gasteiger partial charge in [0.15, 0.2) is 0 Å². The first-order valence-electron chi connectivity index (χ1n) is 10.3. The summed E-state index contributed by atoms with van der Waals surface area (Å²) in [5.74, 6) is 0.234. The number of anilines is 2. The summed E-state index contributed by atoms with van der Waals surface area (Å²) in [5, 5.41) is 0. The number of carbonyl (C=O) groups excluding carboxylic acids is 1. The van der Waals surface area contributed by atoms with E-state index >= 15 is 0 Å². The molecule has 0 aromatic heterocycles. The highest BCUT2D eigenvalue weighted by atomic mass is 16.2. The van der Waals surface area contributed by atoms with Gasteiger partial charge in [-0.3, -0.25) is 9.69 Å². The van der Waals surface area contributed by atoms with Crippen LogP contribution >= 0.6 is 0 Å². The minimum Gasteiger partial charge on any atom is -0.378 e. The lowest BCUT2D eigenvalue weighted by atomic mass is 9.99. The molecule has 0 bridgehead atoms. The molecule has 4 nitrogen and oxygen atoms in total. The maximum absolute atomic E-state index is 12.9. The summed E-state index contributed by atoms with van der Waals surface area (Å²) >= 11 is 0. The molecule has 1 amide bonds. The van der Waals surface area contributed by atoms with Gasteiger partial charge in [0.05, 0.1) is 0 Å². The van der Waals surface area contributed by atoms with Crippen LogP contribution in [0.2, 0.25) is 0 Å². The summed E-state index contributed by atoms with van der Waals surface area (Å²) in [6, 6.07) is 19.2. The van der Waals surface area contributed by atoms with E-state index in [1.165, 1.54) is 11.3 Å². The fourth-order valence-corrected chi connectivity index (χ4v) is 3.88. The van der Waals surface area contributed by atoms with Crippen LogP contribution in [0.1, 0.15) is 32.3 Å². The molecule has 150 valence electrons. The van der Waals surface area contributed by atoms with Crippen LogP contribution in [0.5, 0.6) is 0 Å². The van der Waals surface area contributed by atoms with Crippen molar-refractivity contribution in [3.63, 3.8) is 0 Å². The van der Waals surface area contributed by atoms with E-state index in [4.69, 9.17) is 0 Å². The molecule has 1 saturated heterocycles. The molecule has 0 radical (unpaired) electrons. The Balaban J connectivity index is 1.63. The first-order valence-corrected chi connectivity index (χ1v) is 10.3. The quantitative estimate of drug-likeness (QED) is 0.744. The average Bonchev–Trinajstić information content (AvgIpc) is 2.70. The highest BCUT2D eigenvalue weighted by Crippen LogP contribution is 2.26. The predicted octanol–water partition coefficient (Wildman–Crippen LogP) is 4.41. The molecule has 2 aromatic rings. The lowest BCUT2D eigenvalue weighted by Crippen LogP contribution is -2.48. The average molecular weight is 380 g/mol. The molecule has 1 fully saturated rings. The smallest absolute Gasteiger partial charge is 0.229 e. The Bertz CT molecular complexity index is 747. The molecule has 1 aliphatic rings. The molecule has 1 heterocycles. The van der Waals surface area contributed by atoms with Gasteiger partial charge in [-0.05, 0) is 42.7 Å². The van der Waals surface area contributed by atoms with Crippen molar-refractivity contribution in [2.75, 3.05) is 37.0 Å². The Labute approximate surface area is 169 Å². The van der Waals surface area contributed by atoms with E-state index in [1.807, 2.05) is 36.9 Å². The zero-order chi connectivity index (χ0) is 20.1. The second-order valence-electron chi connectivity index (χ2n) is 8.27. The Morgan fingerprint density at radius 2 is 1.57 bits per heavy atom. The van der Waals surface area contributed by atoms with E-state index in [0.717, 1.165) is 38.2 Å². The van der Waals surface area contributed by atoms with Crippen molar-refractivity contribution in [2.45, 2.75) is 39.3 Å². The molecule has 0 atom stereocenters. The predicted molar refractivity (Wildman–Crippen MR) is 118 cm³/mol. The van der Waals surface area contributed by atoms with E-state index in [2.05, 4.69) is 60.3 Å². The molecule has 3 rings (SSSR count). The minimum atomic E-state index is 0.00782. The highest BCUT2D eigenvalue weighted by molar-refractivity contribution is 5.95. The Kier molecular flexibility index (Phi) is 6.74. The number of likely N-dealkylation sites (tertiary alicyclic amines) is 1. The first kappa shape index (κ1) is 20.4. The van der Waals surface area contributed by atoms with Gasteiger partial charge >= 0.3 is 0 Å². The molecule has 0 aliphatic carbocycles. The lowest BCUT2D eigenvalue weighted by molar-refractivity contribution is -0.122. The topological polar surface area (TPSA) is 26.8 Å². The standard InChI is InChI=1S/C24H33N3O/c1-19(2)24(28)27(22-8-6-5-7-9-22)23-14-16-26(17-15-23)18-20-10-12-21(13-11-20)25(3)4/h5-13,19,23H,14-18H2,1-4H3. The molecular formula is C24H33N3O. The zero-order valence-corrected chi connectivity index (χ0v) is 17.6. The van der Waals surface area contributed by atoms with Crippen molar-refractivity contribution < 1.29 is 4.79 Å². The number of hydrogen-bond acceptors (Lipinski definition) is 3. The fourth-order valence-electron chi connectivity index (χ4n) is 3.88. The molecular weight excluding hydrogens is 346 g/mol. The normalized spacial score (nSPS) is 15.6. The number of benzene rings is 2. The van der Waals surface area contributed by atoms with Crippen LogP contribution < -0.4 is 9.80 Å². The van der Waals surface area contributed by atoms with Gasteiger partial charge in [-0.1, -0.05) is 44.2 Å². The third-order valence-corrected chi connectivity index (χ3v) is 5.55. The number of para-hydroxylation sites is 1. The van der Waals surface area contributed by atoms with Crippen LogP contribution in [-0.2, 0) is 11.3 Å². The van der Waals surface area contributed by atoms with Crippen molar-refractivity contribution in [3.8, 4) is 0 Å². The molecule has 0 N–H and O–H groups in total. The number of nitrogens with zero attached hydrogens (tertiary/aromatic N) is 3. The molecule has 1 aliphatic heterocycles. The van der Waals surface area contributed by atoms with E-state index in [0.29, 0.717) is 0 Å². The Morgan fingerprint density at radius 1 is 0.964 bits per heavy atom. The molecule has 4 heteroatoms. The number of amides is 1. The van der Waals surface area contributed by atoms with Gasteiger partial charge in [-0.25, -0.2) is 0 Å². The summed E-state index contributed by atoms with van der Waals surface area (Å²) in [7, 11) is 4.13. The number of hydrogen-bond donors (Lipinski definition) is 0. The van der Waals surface area contributed by atoms with Crippen LogP contribution in [0, 0.1) is 5.92 Å². The van der Waals surface area contributed by atoms with Gasteiger partial charge in [0.25, 0.3) is 0 Å². The number of rotatable bonds is 6. The van der Waals surface area contributed by atoms with Crippen molar-refractivity contribution >= 4 is 17.3 Å². The Morgan fingerprint density at radius 3 is 2.11 bits per heavy atom. The van der Waals surface area contributed by atoms with Gasteiger partial charge in [-0.15, -0.1) is 0 Å². The molecule has 0 unspecified atom stereocenters. The second-order valence-corrected chi connectivity index (χ2v) is 8.27.